The van der Waals surface area contributed by atoms with Crippen LogP contribution < -0.4 is 5.32 Å². The lowest BCUT2D eigenvalue weighted by molar-refractivity contribution is -0.132. The Kier molecular flexibility index (Phi) is 5.77. The van der Waals surface area contributed by atoms with Gasteiger partial charge in [-0.05, 0) is 30.9 Å². The van der Waals surface area contributed by atoms with Crippen LogP contribution in [-0.4, -0.2) is 35.8 Å². The third-order valence-electron chi connectivity index (χ3n) is 5.17. The molecule has 0 unspecified atom stereocenters. The molecule has 4 nitrogen and oxygen atoms in total. The summed E-state index contributed by atoms with van der Waals surface area (Å²) in [5, 5.41) is 3.81. The summed E-state index contributed by atoms with van der Waals surface area (Å²) in [7, 11) is 0. The van der Waals surface area contributed by atoms with Crippen LogP contribution >= 0.6 is 11.6 Å². The number of rotatable bonds is 5. The van der Waals surface area contributed by atoms with E-state index in [-0.39, 0.29) is 11.8 Å². The van der Waals surface area contributed by atoms with Crippen LogP contribution in [0.2, 0.25) is 5.02 Å². The molecule has 24 heavy (non-hydrogen) atoms. The molecule has 3 rings (SSSR count). The maximum Gasteiger partial charge on any atom is 0.223 e. The van der Waals surface area contributed by atoms with Crippen molar-refractivity contribution in [2.24, 2.45) is 0 Å². The standard InChI is InChI=1S/C19H25ClN2O2/c20-17-8-4-3-7-16(17)14-11-12-22(13-14)19(24)10-9-18(23)21-15-5-1-2-6-15/h3-4,7-8,14-15H,1-2,5-6,9-13H2,(H,21,23)/t14-/m1/s1. The summed E-state index contributed by atoms with van der Waals surface area (Å²) in [4.78, 5) is 26.2. The van der Waals surface area contributed by atoms with Crippen LogP contribution in [-0.2, 0) is 9.59 Å². The number of likely N-dealkylation sites (tertiary alicyclic amines) is 1. The summed E-state index contributed by atoms with van der Waals surface area (Å²) in [6, 6.07) is 8.17. The Morgan fingerprint density at radius 2 is 1.88 bits per heavy atom. The Balaban J connectivity index is 1.44. The molecule has 0 radical (unpaired) electrons. The monoisotopic (exact) mass is 348 g/mol. The molecule has 130 valence electrons. The second-order valence-electron chi connectivity index (χ2n) is 6.90. The zero-order chi connectivity index (χ0) is 16.9. The lowest BCUT2D eigenvalue weighted by Crippen LogP contribution is -2.34. The zero-order valence-corrected chi connectivity index (χ0v) is 14.7. The molecule has 1 N–H and O–H groups in total. The van der Waals surface area contributed by atoms with Gasteiger partial charge in [-0.15, -0.1) is 0 Å². The van der Waals surface area contributed by atoms with Crippen LogP contribution in [0.1, 0.15) is 56.4 Å². The average Bonchev–Trinajstić information content (AvgIpc) is 3.25. The van der Waals surface area contributed by atoms with Gasteiger partial charge in [-0.3, -0.25) is 9.59 Å². The molecular formula is C19H25ClN2O2. The first-order valence-corrected chi connectivity index (χ1v) is 9.33. The summed E-state index contributed by atoms with van der Waals surface area (Å²) in [5.41, 5.74) is 1.12. The Morgan fingerprint density at radius 1 is 1.12 bits per heavy atom. The van der Waals surface area contributed by atoms with Crippen molar-refractivity contribution in [3.63, 3.8) is 0 Å². The molecule has 1 saturated carbocycles. The second-order valence-corrected chi connectivity index (χ2v) is 7.30. The molecule has 0 spiro atoms. The molecule has 1 atom stereocenters. The number of hydrogen-bond acceptors (Lipinski definition) is 2. The molecule has 2 amide bonds. The molecule has 2 aliphatic rings. The first kappa shape index (κ1) is 17.3. The van der Waals surface area contributed by atoms with E-state index in [9.17, 15) is 9.59 Å². The quantitative estimate of drug-likeness (QED) is 0.885. The number of nitrogens with one attached hydrogen (secondary N) is 1. The molecule has 0 bridgehead atoms. The van der Waals surface area contributed by atoms with Gasteiger partial charge in [0.2, 0.25) is 11.8 Å². The van der Waals surface area contributed by atoms with Crippen molar-refractivity contribution in [1.29, 1.82) is 0 Å². The summed E-state index contributed by atoms with van der Waals surface area (Å²) in [5.74, 6) is 0.387. The van der Waals surface area contributed by atoms with Crippen molar-refractivity contribution in [2.75, 3.05) is 13.1 Å². The average molecular weight is 349 g/mol. The topological polar surface area (TPSA) is 49.4 Å². The van der Waals surface area contributed by atoms with Crippen LogP contribution in [0, 0.1) is 0 Å². The van der Waals surface area contributed by atoms with Crippen LogP contribution in [0.4, 0.5) is 0 Å². The molecule has 1 aromatic rings. The summed E-state index contributed by atoms with van der Waals surface area (Å²) in [6.45, 7) is 1.45. The first-order chi connectivity index (χ1) is 11.6. The second kappa shape index (κ2) is 8.02. The fourth-order valence-electron chi connectivity index (χ4n) is 3.80. The summed E-state index contributed by atoms with van der Waals surface area (Å²) in [6.07, 6.45) is 6.07. The highest BCUT2D eigenvalue weighted by molar-refractivity contribution is 6.31. The zero-order valence-electron chi connectivity index (χ0n) is 14.0. The van der Waals surface area contributed by atoms with Crippen LogP contribution in [0.5, 0.6) is 0 Å². The van der Waals surface area contributed by atoms with E-state index in [2.05, 4.69) is 5.32 Å². The van der Waals surface area contributed by atoms with Crippen molar-refractivity contribution >= 4 is 23.4 Å². The fourth-order valence-corrected chi connectivity index (χ4v) is 4.09. The number of amides is 2. The van der Waals surface area contributed by atoms with E-state index in [1.165, 1.54) is 12.8 Å². The predicted octanol–water partition coefficient (Wildman–Crippen LogP) is 3.49. The van der Waals surface area contributed by atoms with Gasteiger partial charge >= 0.3 is 0 Å². The predicted molar refractivity (Wildman–Crippen MR) is 95.0 cm³/mol. The van der Waals surface area contributed by atoms with E-state index in [0.29, 0.717) is 31.3 Å². The number of carbonyl (C=O) groups is 2. The SMILES string of the molecule is O=C(CCC(=O)N1CC[C@@H](c2ccccc2Cl)C1)NC1CCCC1. The van der Waals surface area contributed by atoms with Crippen molar-refractivity contribution < 1.29 is 9.59 Å². The van der Waals surface area contributed by atoms with Gasteiger partial charge in [0.05, 0.1) is 0 Å². The van der Waals surface area contributed by atoms with E-state index in [4.69, 9.17) is 11.6 Å². The van der Waals surface area contributed by atoms with Gasteiger partial charge in [-0.2, -0.15) is 0 Å². The minimum Gasteiger partial charge on any atom is -0.353 e. The Labute approximate surface area is 148 Å². The van der Waals surface area contributed by atoms with Gasteiger partial charge < -0.3 is 10.2 Å². The van der Waals surface area contributed by atoms with Gasteiger partial charge in [0.1, 0.15) is 0 Å². The number of halogens is 1. The van der Waals surface area contributed by atoms with Crippen molar-refractivity contribution in [3.05, 3.63) is 34.9 Å². The lowest BCUT2D eigenvalue weighted by atomic mass is 9.98. The molecule has 5 heteroatoms. The molecular weight excluding hydrogens is 324 g/mol. The summed E-state index contributed by atoms with van der Waals surface area (Å²) >= 11 is 6.26. The van der Waals surface area contributed by atoms with Gasteiger partial charge in [0.25, 0.3) is 0 Å². The van der Waals surface area contributed by atoms with Gasteiger partial charge in [-0.1, -0.05) is 42.6 Å². The fraction of sp³-hybridized carbons (Fsp3) is 0.579. The van der Waals surface area contributed by atoms with E-state index in [1.807, 2.05) is 29.2 Å². The van der Waals surface area contributed by atoms with Gasteiger partial charge in [0, 0.05) is 42.9 Å². The van der Waals surface area contributed by atoms with Gasteiger partial charge in [-0.25, -0.2) is 0 Å². The molecule has 2 fully saturated rings. The smallest absolute Gasteiger partial charge is 0.223 e. The van der Waals surface area contributed by atoms with Crippen molar-refractivity contribution in [1.82, 2.24) is 10.2 Å². The largest absolute Gasteiger partial charge is 0.353 e. The molecule has 1 saturated heterocycles. The third-order valence-corrected chi connectivity index (χ3v) is 5.52. The minimum absolute atomic E-state index is 0.0112. The number of carbonyl (C=O) groups excluding carboxylic acids is 2. The Hall–Kier alpha value is -1.55. The first-order valence-electron chi connectivity index (χ1n) is 8.95. The van der Waals surface area contributed by atoms with E-state index < -0.39 is 0 Å². The highest BCUT2D eigenvalue weighted by atomic mass is 35.5. The van der Waals surface area contributed by atoms with E-state index >= 15 is 0 Å². The van der Waals surface area contributed by atoms with Crippen LogP contribution in [0.15, 0.2) is 24.3 Å². The Bertz CT molecular complexity index is 599. The number of nitrogens with zero attached hydrogens (tertiary/aromatic N) is 1. The molecule has 1 heterocycles. The highest BCUT2D eigenvalue weighted by Gasteiger charge is 2.28. The van der Waals surface area contributed by atoms with E-state index in [1.54, 1.807) is 0 Å². The number of benzene rings is 1. The highest BCUT2D eigenvalue weighted by Crippen LogP contribution is 2.32. The molecule has 1 aliphatic heterocycles. The van der Waals surface area contributed by atoms with Crippen LogP contribution in [0.25, 0.3) is 0 Å². The third kappa shape index (κ3) is 4.29. The number of hydrogen-bond donors (Lipinski definition) is 1. The lowest BCUT2D eigenvalue weighted by Gasteiger charge is -2.18. The minimum atomic E-state index is 0.0112. The normalized spacial score (nSPS) is 21.2. The van der Waals surface area contributed by atoms with Crippen molar-refractivity contribution in [3.8, 4) is 0 Å². The van der Waals surface area contributed by atoms with Gasteiger partial charge in [0.15, 0.2) is 0 Å². The maximum atomic E-state index is 12.4. The molecule has 1 aromatic carbocycles. The molecule has 1 aliphatic carbocycles. The summed E-state index contributed by atoms with van der Waals surface area (Å²) < 4.78 is 0. The molecule has 0 aromatic heterocycles. The van der Waals surface area contributed by atoms with Crippen LogP contribution in [0.3, 0.4) is 0 Å². The Morgan fingerprint density at radius 3 is 2.62 bits per heavy atom. The maximum absolute atomic E-state index is 12.4. The van der Waals surface area contributed by atoms with Crippen molar-refractivity contribution in [2.45, 2.75) is 56.9 Å². The van der Waals surface area contributed by atoms with E-state index in [0.717, 1.165) is 36.4 Å².